The average Bonchev–Trinajstić information content (AvgIpc) is 3.01. The van der Waals surface area contributed by atoms with E-state index in [9.17, 15) is 8.42 Å². The van der Waals surface area contributed by atoms with Gasteiger partial charge in [0.2, 0.25) is 0 Å². The molecular weight excluding hydrogens is 300 g/mol. The zero-order valence-electron chi connectivity index (χ0n) is 12.6. The maximum Gasteiger partial charge on any atom is 0.181 e. The number of tetrazole rings is 1. The fourth-order valence-corrected chi connectivity index (χ4v) is 4.22. The van der Waals surface area contributed by atoms with Gasteiger partial charge in [0.25, 0.3) is 0 Å². The van der Waals surface area contributed by atoms with E-state index < -0.39 is 9.84 Å². The van der Waals surface area contributed by atoms with Crippen LogP contribution in [0.1, 0.15) is 37.7 Å². The van der Waals surface area contributed by atoms with Gasteiger partial charge in [-0.15, -0.1) is 5.10 Å². The fourth-order valence-electron chi connectivity index (χ4n) is 3.29. The minimum absolute atomic E-state index is 0.291. The van der Waals surface area contributed by atoms with E-state index in [1.54, 1.807) is 6.07 Å². The molecule has 0 unspecified atom stereocenters. The summed E-state index contributed by atoms with van der Waals surface area (Å²) in [5.41, 5.74) is 1.63. The van der Waals surface area contributed by atoms with Crippen molar-refractivity contribution in [2.45, 2.75) is 43.4 Å². The zero-order chi connectivity index (χ0) is 15.6. The van der Waals surface area contributed by atoms with E-state index in [1.165, 1.54) is 38.4 Å². The Bertz CT molecular complexity index is 735. The Morgan fingerprint density at radius 3 is 2.64 bits per heavy atom. The molecule has 6 nitrogen and oxygen atoms in total. The molecule has 7 heteroatoms. The van der Waals surface area contributed by atoms with E-state index in [2.05, 4.69) is 20.6 Å². The van der Waals surface area contributed by atoms with Crippen LogP contribution in [-0.2, 0) is 16.3 Å². The van der Waals surface area contributed by atoms with Gasteiger partial charge in [0.1, 0.15) is 0 Å². The summed E-state index contributed by atoms with van der Waals surface area (Å²) < 4.78 is 24.2. The van der Waals surface area contributed by atoms with Crippen LogP contribution in [0.25, 0.3) is 11.4 Å². The predicted octanol–water partition coefficient (Wildman–Crippen LogP) is 2.39. The lowest BCUT2D eigenvalue weighted by Gasteiger charge is -2.23. The third kappa shape index (κ3) is 3.19. The van der Waals surface area contributed by atoms with Crippen LogP contribution in [0.15, 0.2) is 23.1 Å². The largest absolute Gasteiger partial charge is 0.239 e. The van der Waals surface area contributed by atoms with Crippen molar-refractivity contribution in [2.24, 2.45) is 5.92 Å². The molecule has 0 saturated heterocycles. The van der Waals surface area contributed by atoms with Gasteiger partial charge < -0.3 is 0 Å². The first-order valence-corrected chi connectivity index (χ1v) is 9.51. The molecule has 1 fully saturated rings. The second-order valence-corrected chi connectivity index (χ2v) is 8.00. The van der Waals surface area contributed by atoms with Crippen LogP contribution in [0.2, 0.25) is 0 Å². The third-order valence-corrected chi connectivity index (χ3v) is 5.47. The number of hydrogen-bond donors (Lipinski definition) is 1. The number of rotatable bonds is 4. The minimum Gasteiger partial charge on any atom is -0.239 e. The Kier molecular flexibility index (Phi) is 4.24. The smallest absolute Gasteiger partial charge is 0.181 e. The van der Waals surface area contributed by atoms with E-state index in [4.69, 9.17) is 0 Å². The van der Waals surface area contributed by atoms with Gasteiger partial charge >= 0.3 is 0 Å². The maximum atomic E-state index is 12.1. The highest BCUT2D eigenvalue weighted by atomic mass is 32.2. The maximum absolute atomic E-state index is 12.1. The van der Waals surface area contributed by atoms with Gasteiger partial charge in [-0.2, -0.15) is 0 Å². The molecule has 0 radical (unpaired) electrons. The third-order valence-electron chi connectivity index (χ3n) is 4.33. The van der Waals surface area contributed by atoms with Crippen LogP contribution in [-0.4, -0.2) is 35.3 Å². The van der Waals surface area contributed by atoms with Crippen molar-refractivity contribution < 1.29 is 8.42 Å². The van der Waals surface area contributed by atoms with Crippen LogP contribution in [0.5, 0.6) is 0 Å². The molecule has 0 atom stereocenters. The van der Waals surface area contributed by atoms with Gasteiger partial charge in [0.15, 0.2) is 15.7 Å². The molecule has 1 saturated carbocycles. The Morgan fingerprint density at radius 1 is 1.23 bits per heavy atom. The second-order valence-electron chi connectivity index (χ2n) is 6.02. The fraction of sp³-hybridized carbons (Fsp3) is 0.533. The molecule has 0 bridgehead atoms. The first-order chi connectivity index (χ1) is 10.6. The average molecular weight is 320 g/mol. The first kappa shape index (κ1) is 15.1. The molecular formula is C15H20N4O2S. The predicted molar refractivity (Wildman–Crippen MR) is 83.0 cm³/mol. The summed E-state index contributed by atoms with van der Waals surface area (Å²) in [7, 11) is -3.34. The monoisotopic (exact) mass is 320 g/mol. The highest BCUT2D eigenvalue weighted by molar-refractivity contribution is 7.90. The molecule has 2 aromatic rings. The second kappa shape index (κ2) is 6.16. The number of H-pyrrole nitrogens is 1. The molecule has 1 aliphatic rings. The number of sulfone groups is 1. The number of nitrogens with one attached hydrogen (secondary N) is 1. The van der Waals surface area contributed by atoms with Crippen LogP contribution in [0.4, 0.5) is 0 Å². The van der Waals surface area contributed by atoms with Gasteiger partial charge in [-0.25, -0.2) is 13.5 Å². The number of benzene rings is 1. The van der Waals surface area contributed by atoms with Crippen molar-refractivity contribution in [3.8, 4) is 11.4 Å². The van der Waals surface area contributed by atoms with Crippen molar-refractivity contribution in [2.75, 3.05) is 6.26 Å². The summed E-state index contributed by atoms with van der Waals surface area (Å²) in [5, 5.41) is 13.8. The van der Waals surface area contributed by atoms with Gasteiger partial charge in [-0.05, 0) is 34.4 Å². The Balaban J connectivity index is 2.05. The molecule has 0 spiro atoms. The normalized spacial score (nSPS) is 16.8. The molecule has 0 amide bonds. The highest BCUT2D eigenvalue weighted by Gasteiger charge is 2.23. The van der Waals surface area contributed by atoms with Crippen molar-refractivity contribution >= 4 is 9.84 Å². The van der Waals surface area contributed by atoms with E-state index in [0.29, 0.717) is 22.2 Å². The number of hydrogen-bond acceptors (Lipinski definition) is 5. The first-order valence-electron chi connectivity index (χ1n) is 7.62. The van der Waals surface area contributed by atoms with Gasteiger partial charge in [-0.3, -0.25) is 0 Å². The summed E-state index contributed by atoms with van der Waals surface area (Å²) >= 11 is 0. The van der Waals surface area contributed by atoms with Crippen molar-refractivity contribution in [1.82, 2.24) is 20.6 Å². The van der Waals surface area contributed by atoms with E-state index in [1.807, 2.05) is 12.1 Å². The summed E-state index contributed by atoms with van der Waals surface area (Å²) in [6.07, 6.45) is 8.33. The molecule has 1 aliphatic carbocycles. The molecule has 22 heavy (non-hydrogen) atoms. The Labute approximate surface area is 130 Å². The Hall–Kier alpha value is -1.76. The standard InChI is InChI=1S/C15H20N4O2S/c1-22(20,21)13-9-5-8-12(10-11-6-3-2-4-7-11)14(13)15-16-18-19-17-15/h5,8-9,11H,2-4,6-7,10H2,1H3,(H,16,17,18,19). The van der Waals surface area contributed by atoms with Crippen molar-refractivity contribution in [3.63, 3.8) is 0 Å². The lowest BCUT2D eigenvalue weighted by Crippen LogP contribution is -2.11. The molecule has 3 rings (SSSR count). The number of nitrogens with zero attached hydrogens (tertiary/aromatic N) is 3. The topological polar surface area (TPSA) is 88.6 Å². The van der Waals surface area contributed by atoms with E-state index >= 15 is 0 Å². The molecule has 1 aromatic heterocycles. The SMILES string of the molecule is CS(=O)(=O)c1cccc(CC2CCCCC2)c1-c1nnn[nH]1. The lowest BCUT2D eigenvalue weighted by molar-refractivity contribution is 0.357. The van der Waals surface area contributed by atoms with E-state index in [0.717, 1.165) is 12.0 Å². The van der Waals surface area contributed by atoms with Gasteiger partial charge in [-0.1, -0.05) is 44.2 Å². The summed E-state index contributed by atoms with van der Waals surface area (Å²) in [4.78, 5) is 0.291. The van der Waals surface area contributed by atoms with Crippen molar-refractivity contribution in [3.05, 3.63) is 23.8 Å². The summed E-state index contributed by atoms with van der Waals surface area (Å²) in [6.45, 7) is 0. The van der Waals surface area contributed by atoms with Crippen molar-refractivity contribution in [1.29, 1.82) is 0 Å². The Morgan fingerprint density at radius 2 is 2.00 bits per heavy atom. The van der Waals surface area contributed by atoms with Crippen LogP contribution in [0, 0.1) is 5.92 Å². The van der Waals surface area contributed by atoms with Crippen LogP contribution < -0.4 is 0 Å². The van der Waals surface area contributed by atoms with Crippen LogP contribution >= 0.6 is 0 Å². The van der Waals surface area contributed by atoms with E-state index in [-0.39, 0.29) is 0 Å². The van der Waals surface area contributed by atoms with Crippen LogP contribution in [0.3, 0.4) is 0 Å². The molecule has 1 heterocycles. The lowest BCUT2D eigenvalue weighted by atomic mass is 9.84. The molecule has 1 aromatic carbocycles. The van der Waals surface area contributed by atoms with Gasteiger partial charge in [0.05, 0.1) is 4.90 Å². The summed E-state index contributed by atoms with van der Waals surface area (Å²) in [6, 6.07) is 5.42. The highest BCUT2D eigenvalue weighted by Crippen LogP contribution is 2.33. The number of aromatic amines is 1. The quantitative estimate of drug-likeness (QED) is 0.934. The summed E-state index contributed by atoms with van der Waals surface area (Å²) in [5.74, 6) is 1.03. The molecule has 0 aliphatic heterocycles. The van der Waals surface area contributed by atoms with Gasteiger partial charge in [0, 0.05) is 11.8 Å². The minimum atomic E-state index is -3.34. The molecule has 118 valence electrons. The molecule has 1 N–H and O–H groups in total. The number of aromatic nitrogens is 4. The zero-order valence-corrected chi connectivity index (χ0v) is 13.4.